The van der Waals surface area contributed by atoms with Crippen LogP contribution in [-0.4, -0.2) is 24.0 Å². The van der Waals surface area contributed by atoms with Crippen molar-refractivity contribution in [2.24, 2.45) is 0 Å². The molecule has 3 heterocycles. The summed E-state index contributed by atoms with van der Waals surface area (Å²) in [5.41, 5.74) is 0.638. The molecule has 0 saturated carbocycles. The molecule has 1 atom stereocenters. The van der Waals surface area contributed by atoms with Crippen molar-refractivity contribution in [3.05, 3.63) is 40.2 Å². The van der Waals surface area contributed by atoms with Crippen LogP contribution in [0.2, 0.25) is 0 Å². The third-order valence-corrected chi connectivity index (χ3v) is 5.42. The summed E-state index contributed by atoms with van der Waals surface area (Å²) in [6.07, 6.45) is 2.91. The highest BCUT2D eigenvalue weighted by atomic mass is 32.1. The van der Waals surface area contributed by atoms with Crippen LogP contribution < -0.4 is 10.6 Å². The first kappa shape index (κ1) is 20.1. The number of esters is 1. The third kappa shape index (κ3) is 4.61. The van der Waals surface area contributed by atoms with E-state index >= 15 is 0 Å². The molecule has 8 heteroatoms. The van der Waals surface area contributed by atoms with Crippen molar-refractivity contribution in [3.8, 4) is 6.07 Å². The number of aryl methyl sites for hydroxylation is 1. The van der Waals surface area contributed by atoms with Gasteiger partial charge in [-0.25, -0.2) is 4.79 Å². The van der Waals surface area contributed by atoms with E-state index in [1.807, 2.05) is 26.8 Å². The van der Waals surface area contributed by atoms with Crippen LogP contribution in [0.15, 0.2) is 22.8 Å². The van der Waals surface area contributed by atoms with Crippen molar-refractivity contribution in [1.29, 1.82) is 5.26 Å². The van der Waals surface area contributed by atoms with Gasteiger partial charge in [-0.2, -0.15) is 5.26 Å². The molecule has 1 amide bonds. The largest absolute Gasteiger partial charge is 0.469 e. The Bertz CT molecular complexity index is 903. The molecule has 1 aliphatic heterocycles. The molecule has 1 aliphatic rings. The molecule has 0 fully saturated rings. The van der Waals surface area contributed by atoms with Gasteiger partial charge in [0.1, 0.15) is 28.5 Å². The van der Waals surface area contributed by atoms with Crippen molar-refractivity contribution in [2.75, 3.05) is 11.9 Å². The Morgan fingerprint density at radius 2 is 2.25 bits per heavy atom. The summed E-state index contributed by atoms with van der Waals surface area (Å²) in [6.45, 7) is 6.01. The van der Waals surface area contributed by atoms with Gasteiger partial charge < -0.3 is 14.5 Å². The number of carbonyl (C=O) groups is 2. The summed E-state index contributed by atoms with van der Waals surface area (Å²) in [5.74, 6) is 0.151. The van der Waals surface area contributed by atoms with Gasteiger partial charge in [0.2, 0.25) is 5.91 Å². The maximum absolute atomic E-state index is 12.6. The summed E-state index contributed by atoms with van der Waals surface area (Å²) in [7, 11) is 0. The number of carbonyl (C=O) groups excluding carboxylic acids is 2. The number of rotatable bonds is 5. The fourth-order valence-corrected chi connectivity index (χ4v) is 4.32. The van der Waals surface area contributed by atoms with E-state index in [1.165, 1.54) is 11.3 Å². The molecule has 0 radical (unpaired) electrons. The van der Waals surface area contributed by atoms with E-state index in [4.69, 9.17) is 9.15 Å². The van der Waals surface area contributed by atoms with Gasteiger partial charge in [-0.15, -0.1) is 11.3 Å². The lowest BCUT2D eigenvalue weighted by molar-refractivity contribution is -0.157. The molecular formula is C20H23N3O4S. The number of nitriles is 1. The Morgan fingerprint density at radius 1 is 1.46 bits per heavy atom. The second-order valence-corrected chi connectivity index (χ2v) is 8.61. The van der Waals surface area contributed by atoms with Crippen molar-refractivity contribution >= 4 is 28.2 Å². The van der Waals surface area contributed by atoms with Gasteiger partial charge in [0.15, 0.2) is 0 Å². The second-order valence-electron chi connectivity index (χ2n) is 7.56. The van der Waals surface area contributed by atoms with Gasteiger partial charge in [-0.1, -0.05) is 0 Å². The van der Waals surface area contributed by atoms with Gasteiger partial charge in [-0.05, 0) is 44.9 Å². The summed E-state index contributed by atoms with van der Waals surface area (Å²) in [6, 6.07) is 5.14. The van der Waals surface area contributed by atoms with Crippen LogP contribution in [0.1, 0.15) is 55.0 Å². The summed E-state index contributed by atoms with van der Waals surface area (Å²) < 4.78 is 10.7. The summed E-state index contributed by atoms with van der Waals surface area (Å²) in [5, 5.41) is 16.1. The third-order valence-electron chi connectivity index (χ3n) is 4.21. The minimum Gasteiger partial charge on any atom is -0.469 e. The number of hydrogen-bond acceptors (Lipinski definition) is 7. The molecule has 0 aliphatic carbocycles. The van der Waals surface area contributed by atoms with E-state index in [0.717, 1.165) is 16.2 Å². The monoisotopic (exact) mass is 401 g/mol. The number of hydrogen-bond donors (Lipinski definition) is 2. The Kier molecular flexibility index (Phi) is 5.87. The van der Waals surface area contributed by atoms with Crippen molar-refractivity contribution in [1.82, 2.24) is 5.32 Å². The maximum Gasteiger partial charge on any atom is 0.329 e. The van der Waals surface area contributed by atoms with Crippen LogP contribution in [0, 0.1) is 11.3 Å². The van der Waals surface area contributed by atoms with Crippen molar-refractivity contribution in [2.45, 2.75) is 51.7 Å². The SMILES string of the molecule is CC(C)(C)OC(=O)C1NCCc2c1sc(NC(=O)CCc1ccco1)c2C#N. The number of nitrogens with zero attached hydrogens (tertiary/aromatic N) is 1. The molecule has 1 unspecified atom stereocenters. The number of anilines is 1. The Balaban J connectivity index is 1.77. The second kappa shape index (κ2) is 8.17. The molecule has 28 heavy (non-hydrogen) atoms. The van der Waals surface area contributed by atoms with Crippen molar-refractivity contribution < 1.29 is 18.7 Å². The lowest BCUT2D eigenvalue weighted by atomic mass is 9.99. The number of nitrogens with one attached hydrogen (secondary N) is 2. The molecule has 2 N–H and O–H groups in total. The molecule has 0 bridgehead atoms. The fourth-order valence-electron chi connectivity index (χ4n) is 3.04. The molecule has 0 saturated heterocycles. The standard InChI is InChI=1S/C20H23N3O4S/c1-20(2,3)27-19(25)16-17-13(8-9-22-16)14(11-21)18(28-17)23-15(24)7-6-12-5-4-10-26-12/h4-5,10,16,22H,6-9H2,1-3H3,(H,23,24). The zero-order chi connectivity index (χ0) is 20.3. The van der Waals surface area contributed by atoms with Gasteiger partial charge >= 0.3 is 5.97 Å². The molecule has 0 aromatic carbocycles. The molecule has 0 spiro atoms. The fraction of sp³-hybridized carbons (Fsp3) is 0.450. The summed E-state index contributed by atoms with van der Waals surface area (Å²) in [4.78, 5) is 25.6. The van der Waals surface area contributed by atoms with E-state index in [2.05, 4.69) is 16.7 Å². The van der Waals surface area contributed by atoms with Crippen molar-refractivity contribution in [3.63, 3.8) is 0 Å². The average molecular weight is 401 g/mol. The van der Waals surface area contributed by atoms with Crippen LogP contribution in [0.4, 0.5) is 5.00 Å². The smallest absolute Gasteiger partial charge is 0.329 e. The summed E-state index contributed by atoms with van der Waals surface area (Å²) >= 11 is 1.26. The molecule has 148 valence electrons. The number of furan rings is 1. The normalized spacial score (nSPS) is 16.1. The molecule has 2 aromatic rings. The number of amides is 1. The van der Waals surface area contributed by atoms with Gasteiger partial charge in [0, 0.05) is 24.3 Å². The first-order valence-electron chi connectivity index (χ1n) is 9.12. The van der Waals surface area contributed by atoms with Crippen LogP contribution >= 0.6 is 11.3 Å². The molecule has 7 nitrogen and oxygen atoms in total. The van der Waals surface area contributed by atoms with E-state index < -0.39 is 11.6 Å². The first-order valence-corrected chi connectivity index (χ1v) is 9.94. The number of fused-ring (bicyclic) bond motifs is 1. The van der Waals surface area contributed by atoms with Crippen LogP contribution in [0.25, 0.3) is 0 Å². The van der Waals surface area contributed by atoms with Crippen LogP contribution in [-0.2, 0) is 27.2 Å². The predicted molar refractivity (Wildman–Crippen MR) is 105 cm³/mol. The lowest BCUT2D eigenvalue weighted by Gasteiger charge is -2.27. The molecule has 3 rings (SSSR count). The first-order chi connectivity index (χ1) is 13.3. The van der Waals surface area contributed by atoms with Gasteiger partial charge in [-0.3, -0.25) is 10.1 Å². The number of ether oxygens (including phenoxy) is 1. The number of thiophene rings is 1. The van der Waals surface area contributed by atoms with Gasteiger partial charge in [0.05, 0.1) is 11.8 Å². The van der Waals surface area contributed by atoms with Crippen LogP contribution in [0.3, 0.4) is 0 Å². The molecular weight excluding hydrogens is 378 g/mol. The Hall–Kier alpha value is -2.63. The minimum atomic E-state index is -0.631. The zero-order valence-electron chi connectivity index (χ0n) is 16.1. The quantitative estimate of drug-likeness (QED) is 0.745. The minimum absolute atomic E-state index is 0.201. The zero-order valence-corrected chi connectivity index (χ0v) is 16.9. The topological polar surface area (TPSA) is 104 Å². The van der Waals surface area contributed by atoms with E-state index in [0.29, 0.717) is 30.0 Å². The van der Waals surface area contributed by atoms with E-state index in [9.17, 15) is 14.9 Å². The molecule has 2 aromatic heterocycles. The highest BCUT2D eigenvalue weighted by molar-refractivity contribution is 7.17. The van der Waals surface area contributed by atoms with E-state index in [-0.39, 0.29) is 18.3 Å². The Morgan fingerprint density at radius 3 is 2.89 bits per heavy atom. The Labute approximate surface area is 167 Å². The highest BCUT2D eigenvalue weighted by Gasteiger charge is 2.34. The maximum atomic E-state index is 12.6. The predicted octanol–water partition coefficient (Wildman–Crippen LogP) is 3.31. The van der Waals surface area contributed by atoms with Crippen LogP contribution in [0.5, 0.6) is 0 Å². The van der Waals surface area contributed by atoms with Gasteiger partial charge in [0.25, 0.3) is 0 Å². The van der Waals surface area contributed by atoms with E-state index in [1.54, 1.807) is 12.3 Å². The highest BCUT2D eigenvalue weighted by Crippen LogP contribution is 2.40. The lowest BCUT2D eigenvalue weighted by Crippen LogP contribution is -2.38. The average Bonchev–Trinajstić information content (AvgIpc) is 3.25.